The van der Waals surface area contributed by atoms with Crippen LogP contribution in [0.5, 0.6) is 23.0 Å². The fourth-order valence-corrected chi connectivity index (χ4v) is 6.88. The van der Waals surface area contributed by atoms with Gasteiger partial charge in [-0.25, -0.2) is 4.79 Å². The van der Waals surface area contributed by atoms with Gasteiger partial charge in [-0.15, -0.1) is 0 Å². The number of nitrogens with one attached hydrogen (secondary N) is 1. The lowest BCUT2D eigenvalue weighted by molar-refractivity contribution is -0.145. The molecule has 0 radical (unpaired) electrons. The Morgan fingerprint density at radius 1 is 0.800 bits per heavy atom. The number of aliphatic carboxylic acids is 1. The number of ether oxygens (including phenoxy) is 2. The lowest BCUT2D eigenvalue weighted by Gasteiger charge is -2.37. The van der Waals surface area contributed by atoms with Crippen molar-refractivity contribution in [2.24, 2.45) is 5.92 Å². The zero-order valence-corrected chi connectivity index (χ0v) is 29.1. The van der Waals surface area contributed by atoms with E-state index in [-0.39, 0.29) is 30.7 Å². The SMILES string of the molecule is CC(C)(C)c1ccc(Oc2ccc3c(c2)C[C@@H](C(=O)N[C@@H](Cc2ccc(Oc4ccccc4)cc2)C(=O)O)N(C(=O)CC2CCCC2)C3)cc1. The third-order valence-corrected chi connectivity index (χ3v) is 9.78. The van der Waals surface area contributed by atoms with E-state index in [0.29, 0.717) is 35.3 Å². The Kier molecular flexibility index (Phi) is 10.6. The molecule has 2 amide bonds. The van der Waals surface area contributed by atoms with Gasteiger partial charge < -0.3 is 24.8 Å². The van der Waals surface area contributed by atoms with Gasteiger partial charge in [0.2, 0.25) is 11.8 Å². The molecule has 0 bridgehead atoms. The second kappa shape index (κ2) is 15.2. The van der Waals surface area contributed by atoms with Crippen LogP contribution in [0.25, 0.3) is 0 Å². The molecule has 8 nitrogen and oxygen atoms in total. The molecule has 4 aromatic rings. The molecule has 0 saturated heterocycles. The van der Waals surface area contributed by atoms with Gasteiger partial charge in [0.15, 0.2) is 0 Å². The number of fused-ring (bicyclic) bond motifs is 1. The highest BCUT2D eigenvalue weighted by Crippen LogP contribution is 2.34. The molecule has 0 spiro atoms. The molecule has 0 unspecified atom stereocenters. The van der Waals surface area contributed by atoms with E-state index in [1.165, 1.54) is 5.56 Å². The molecule has 2 N–H and O–H groups in total. The fourth-order valence-electron chi connectivity index (χ4n) is 6.88. The molecule has 50 heavy (non-hydrogen) atoms. The molecule has 8 heteroatoms. The fraction of sp³-hybridized carbons (Fsp3) is 0.357. The molecule has 1 saturated carbocycles. The number of carbonyl (C=O) groups excluding carboxylic acids is 2. The monoisotopic (exact) mass is 674 g/mol. The van der Waals surface area contributed by atoms with Gasteiger partial charge in [0.1, 0.15) is 35.1 Å². The summed E-state index contributed by atoms with van der Waals surface area (Å²) in [5, 5.41) is 12.9. The topological polar surface area (TPSA) is 105 Å². The molecular formula is C42H46N2O6. The molecular weight excluding hydrogens is 628 g/mol. The normalized spacial score (nSPS) is 16.7. The third-order valence-electron chi connectivity index (χ3n) is 9.78. The maximum Gasteiger partial charge on any atom is 0.326 e. The minimum Gasteiger partial charge on any atom is -0.480 e. The number of hydrogen-bond acceptors (Lipinski definition) is 5. The van der Waals surface area contributed by atoms with Crippen LogP contribution in [0.4, 0.5) is 0 Å². The minimum absolute atomic E-state index is 0.0305. The van der Waals surface area contributed by atoms with E-state index in [1.54, 1.807) is 29.2 Å². The highest BCUT2D eigenvalue weighted by molar-refractivity contribution is 5.91. The van der Waals surface area contributed by atoms with Gasteiger partial charge in [-0.1, -0.05) is 82.1 Å². The predicted octanol–water partition coefficient (Wildman–Crippen LogP) is 8.21. The molecule has 1 aliphatic heterocycles. The molecule has 0 aromatic heterocycles. The van der Waals surface area contributed by atoms with Crippen molar-refractivity contribution in [3.63, 3.8) is 0 Å². The average Bonchev–Trinajstić information content (AvgIpc) is 3.61. The van der Waals surface area contributed by atoms with Gasteiger partial charge >= 0.3 is 5.97 Å². The first-order valence-electron chi connectivity index (χ1n) is 17.6. The summed E-state index contributed by atoms with van der Waals surface area (Å²) in [6.45, 7) is 6.78. The van der Waals surface area contributed by atoms with Crippen LogP contribution in [0.3, 0.4) is 0 Å². The molecule has 260 valence electrons. The Labute approximate surface area is 294 Å². The summed E-state index contributed by atoms with van der Waals surface area (Å²) in [7, 11) is 0. The number of amides is 2. The Bertz CT molecular complexity index is 1790. The van der Waals surface area contributed by atoms with Crippen LogP contribution in [0.2, 0.25) is 0 Å². The van der Waals surface area contributed by atoms with Gasteiger partial charge in [-0.2, -0.15) is 0 Å². The van der Waals surface area contributed by atoms with Crippen molar-refractivity contribution in [3.05, 3.63) is 119 Å². The second-order valence-electron chi connectivity index (χ2n) is 14.6. The first-order valence-corrected chi connectivity index (χ1v) is 17.6. The summed E-state index contributed by atoms with van der Waals surface area (Å²) in [5.41, 5.74) is 3.83. The van der Waals surface area contributed by atoms with Crippen molar-refractivity contribution < 1.29 is 29.0 Å². The number of nitrogens with zero attached hydrogens (tertiary/aromatic N) is 1. The molecule has 1 heterocycles. The van der Waals surface area contributed by atoms with Gasteiger partial charge in [0.05, 0.1) is 0 Å². The summed E-state index contributed by atoms with van der Waals surface area (Å²) in [6.07, 6.45) is 5.00. The second-order valence-corrected chi connectivity index (χ2v) is 14.6. The summed E-state index contributed by atoms with van der Waals surface area (Å²) >= 11 is 0. The lowest BCUT2D eigenvalue weighted by Crippen LogP contribution is -2.56. The van der Waals surface area contributed by atoms with E-state index in [9.17, 15) is 19.5 Å². The van der Waals surface area contributed by atoms with Crippen molar-refractivity contribution in [3.8, 4) is 23.0 Å². The number of benzene rings is 4. The summed E-state index contributed by atoms with van der Waals surface area (Å²) < 4.78 is 12.1. The Morgan fingerprint density at radius 2 is 1.40 bits per heavy atom. The van der Waals surface area contributed by atoms with Gasteiger partial charge in [-0.05, 0) is 95.0 Å². The standard InChI is InChI=1S/C42H46N2O6/c1-42(2,3)32-16-21-35(22-17-32)50-36-20-15-30-27-44(39(45)24-28-9-7-8-10-28)38(26-31(30)25-36)40(46)43-37(41(47)48)23-29-13-18-34(19-14-29)49-33-11-5-4-6-12-33/h4-6,11-22,25,28,37-38H,7-10,23-24,26-27H2,1-3H3,(H,43,46)(H,47,48)/t37-,38-/m0/s1. The maximum atomic E-state index is 14.0. The smallest absolute Gasteiger partial charge is 0.326 e. The number of rotatable bonds is 11. The first-order chi connectivity index (χ1) is 24.0. The Morgan fingerprint density at radius 3 is 2.04 bits per heavy atom. The van der Waals surface area contributed by atoms with E-state index in [2.05, 4.69) is 38.2 Å². The largest absolute Gasteiger partial charge is 0.480 e. The zero-order valence-electron chi connectivity index (χ0n) is 29.1. The van der Waals surface area contributed by atoms with Gasteiger partial charge in [0, 0.05) is 25.8 Å². The van der Waals surface area contributed by atoms with Crippen LogP contribution in [0.1, 0.15) is 75.1 Å². The molecule has 2 atom stereocenters. The Balaban J connectivity index is 1.18. The molecule has 1 aliphatic carbocycles. The highest BCUT2D eigenvalue weighted by atomic mass is 16.5. The lowest BCUT2D eigenvalue weighted by atomic mass is 9.87. The van der Waals surface area contributed by atoms with E-state index >= 15 is 0 Å². The van der Waals surface area contributed by atoms with E-state index < -0.39 is 24.0 Å². The highest BCUT2D eigenvalue weighted by Gasteiger charge is 2.37. The van der Waals surface area contributed by atoms with Crippen molar-refractivity contribution >= 4 is 17.8 Å². The number of para-hydroxylation sites is 1. The van der Waals surface area contributed by atoms with Gasteiger partial charge in [-0.3, -0.25) is 9.59 Å². The zero-order chi connectivity index (χ0) is 35.3. The van der Waals surface area contributed by atoms with Crippen molar-refractivity contribution in [1.29, 1.82) is 0 Å². The third kappa shape index (κ3) is 8.72. The van der Waals surface area contributed by atoms with Crippen molar-refractivity contribution in [2.75, 3.05) is 0 Å². The van der Waals surface area contributed by atoms with Crippen LogP contribution in [-0.4, -0.2) is 39.9 Å². The number of carboxylic acids is 1. The molecule has 4 aromatic carbocycles. The van der Waals surface area contributed by atoms with Crippen LogP contribution < -0.4 is 14.8 Å². The number of carbonyl (C=O) groups is 3. The number of hydrogen-bond donors (Lipinski definition) is 2. The van der Waals surface area contributed by atoms with E-state index in [4.69, 9.17) is 9.47 Å². The predicted molar refractivity (Wildman–Crippen MR) is 193 cm³/mol. The summed E-state index contributed by atoms with van der Waals surface area (Å²) in [4.78, 5) is 41.8. The van der Waals surface area contributed by atoms with Gasteiger partial charge in [0.25, 0.3) is 0 Å². The van der Waals surface area contributed by atoms with Crippen LogP contribution >= 0.6 is 0 Å². The summed E-state index contributed by atoms with van der Waals surface area (Å²) in [5.74, 6) is 1.30. The average molecular weight is 675 g/mol. The molecule has 1 fully saturated rings. The van der Waals surface area contributed by atoms with Crippen molar-refractivity contribution in [1.82, 2.24) is 10.2 Å². The van der Waals surface area contributed by atoms with E-state index in [1.807, 2.05) is 60.7 Å². The van der Waals surface area contributed by atoms with E-state index in [0.717, 1.165) is 42.4 Å². The summed E-state index contributed by atoms with van der Waals surface area (Å²) in [6, 6.07) is 28.4. The van der Waals surface area contributed by atoms with Crippen LogP contribution in [-0.2, 0) is 39.2 Å². The molecule has 2 aliphatic rings. The van der Waals surface area contributed by atoms with Crippen LogP contribution in [0.15, 0.2) is 97.1 Å². The maximum absolute atomic E-state index is 14.0. The Hall–Kier alpha value is -5.11. The first kappa shape index (κ1) is 34.7. The molecule has 6 rings (SSSR count). The minimum atomic E-state index is -1.18. The van der Waals surface area contributed by atoms with Crippen LogP contribution in [0, 0.1) is 5.92 Å². The van der Waals surface area contributed by atoms with Crippen molar-refractivity contribution in [2.45, 2.75) is 89.8 Å². The number of carboxylic acid groups (broad SMARTS) is 1. The quantitative estimate of drug-likeness (QED) is 0.166.